The van der Waals surface area contributed by atoms with Crippen molar-refractivity contribution in [2.75, 3.05) is 0 Å². The predicted molar refractivity (Wildman–Crippen MR) is 123 cm³/mol. The molecule has 4 fully saturated rings. The van der Waals surface area contributed by atoms with Crippen molar-refractivity contribution in [1.82, 2.24) is 5.32 Å². The molecule has 4 saturated carbocycles. The quantitative estimate of drug-likeness (QED) is 0.535. The molecule has 4 aliphatic rings. The summed E-state index contributed by atoms with van der Waals surface area (Å²) in [5, 5.41) is 3.13. The lowest BCUT2D eigenvalue weighted by Gasteiger charge is -2.56. The van der Waals surface area contributed by atoms with Crippen LogP contribution in [0, 0.1) is 23.2 Å². The van der Waals surface area contributed by atoms with Crippen molar-refractivity contribution in [2.24, 2.45) is 23.2 Å². The first-order chi connectivity index (χ1) is 15.0. The van der Waals surface area contributed by atoms with Crippen molar-refractivity contribution in [3.63, 3.8) is 0 Å². The Morgan fingerprint density at radius 1 is 0.871 bits per heavy atom. The highest BCUT2D eigenvalue weighted by atomic mass is 16.1. The minimum absolute atomic E-state index is 0.00825. The van der Waals surface area contributed by atoms with E-state index in [0.717, 1.165) is 35.3 Å². The van der Waals surface area contributed by atoms with Gasteiger partial charge in [-0.3, -0.25) is 9.59 Å². The molecule has 1 atom stereocenters. The molecule has 162 valence electrons. The van der Waals surface area contributed by atoms with Gasteiger partial charge in [-0.15, -0.1) is 0 Å². The molecule has 4 aliphatic carbocycles. The lowest BCUT2D eigenvalue weighted by atomic mass is 9.48. The van der Waals surface area contributed by atoms with E-state index >= 15 is 0 Å². The van der Waals surface area contributed by atoms with Crippen LogP contribution in [0.3, 0.4) is 0 Å². The molecule has 0 aliphatic heterocycles. The van der Waals surface area contributed by atoms with E-state index in [-0.39, 0.29) is 23.1 Å². The second-order valence-electron chi connectivity index (χ2n) is 10.4. The molecular weight excluding hydrogens is 382 g/mol. The van der Waals surface area contributed by atoms with Crippen LogP contribution in [0.15, 0.2) is 54.6 Å². The van der Waals surface area contributed by atoms with Gasteiger partial charge in [0.2, 0.25) is 0 Å². The van der Waals surface area contributed by atoms with Gasteiger partial charge < -0.3 is 5.32 Å². The molecule has 4 bridgehead atoms. The van der Waals surface area contributed by atoms with Gasteiger partial charge in [-0.1, -0.05) is 49.4 Å². The molecule has 0 unspecified atom stereocenters. The lowest BCUT2D eigenvalue weighted by Crippen LogP contribution is -2.46. The molecule has 1 amide bonds. The number of ketones is 1. The zero-order valence-electron chi connectivity index (χ0n) is 18.5. The molecular formula is C28H33NO2. The highest BCUT2D eigenvalue weighted by Gasteiger charge is 2.51. The summed E-state index contributed by atoms with van der Waals surface area (Å²) in [5.74, 6) is 2.75. The van der Waals surface area contributed by atoms with Crippen molar-refractivity contribution in [3.8, 4) is 0 Å². The number of carbonyl (C=O) groups excluding carboxylic acids is 2. The molecule has 1 N–H and O–H groups in total. The van der Waals surface area contributed by atoms with E-state index in [2.05, 4.69) is 12.2 Å². The molecule has 31 heavy (non-hydrogen) atoms. The maximum atomic E-state index is 13.1. The summed E-state index contributed by atoms with van der Waals surface area (Å²) in [6.45, 7) is 2.07. The second-order valence-corrected chi connectivity index (χ2v) is 10.4. The highest BCUT2D eigenvalue weighted by molar-refractivity contribution is 5.99. The van der Waals surface area contributed by atoms with Gasteiger partial charge in [0.15, 0.2) is 5.78 Å². The standard InChI is InChI=1S/C28H33NO2/c1-2-25(22-6-4-3-5-7-22)29-27(31)24-10-8-23(9-11-24)26(30)18-28-15-19-12-20(16-28)14-21(13-19)17-28/h3-11,19-21,25H,2,12-18H2,1H3,(H,29,31)/t19?,20?,21?,25-,28?/m1/s1. The number of rotatable bonds is 7. The third-order valence-corrected chi connectivity index (χ3v) is 8.09. The topological polar surface area (TPSA) is 46.2 Å². The molecule has 0 saturated heterocycles. The van der Waals surface area contributed by atoms with E-state index < -0.39 is 0 Å². The Morgan fingerprint density at radius 2 is 1.42 bits per heavy atom. The summed E-state index contributed by atoms with van der Waals surface area (Å²) >= 11 is 0. The lowest BCUT2D eigenvalue weighted by molar-refractivity contribution is -0.0524. The molecule has 6 rings (SSSR count). The Labute approximate surface area is 185 Å². The van der Waals surface area contributed by atoms with Crippen LogP contribution < -0.4 is 5.32 Å². The predicted octanol–water partition coefficient (Wildman–Crippen LogP) is 6.36. The fraction of sp³-hybridized carbons (Fsp3) is 0.500. The number of Topliss-reactive ketones (excluding diaryl/α,β-unsaturated/α-hetero) is 1. The molecule has 0 heterocycles. The summed E-state index contributed by atoms with van der Waals surface area (Å²) in [6, 6.07) is 17.4. The van der Waals surface area contributed by atoms with Crippen LogP contribution in [-0.4, -0.2) is 11.7 Å². The maximum absolute atomic E-state index is 13.1. The summed E-state index contributed by atoms with van der Waals surface area (Å²) in [6.07, 6.45) is 9.48. The summed E-state index contributed by atoms with van der Waals surface area (Å²) in [5.41, 5.74) is 2.73. The fourth-order valence-corrected chi connectivity index (χ4v) is 7.10. The average Bonchev–Trinajstić information content (AvgIpc) is 2.76. The van der Waals surface area contributed by atoms with Gasteiger partial charge in [0.1, 0.15) is 0 Å². The normalized spacial score (nSPS) is 29.5. The summed E-state index contributed by atoms with van der Waals surface area (Å²) in [7, 11) is 0. The van der Waals surface area contributed by atoms with Crippen molar-refractivity contribution < 1.29 is 9.59 Å². The Balaban J connectivity index is 1.23. The zero-order chi connectivity index (χ0) is 21.4. The number of hydrogen-bond donors (Lipinski definition) is 1. The van der Waals surface area contributed by atoms with E-state index in [4.69, 9.17) is 0 Å². The van der Waals surface area contributed by atoms with Crippen molar-refractivity contribution in [3.05, 3.63) is 71.3 Å². The van der Waals surface area contributed by atoms with E-state index in [0.29, 0.717) is 12.0 Å². The smallest absolute Gasteiger partial charge is 0.251 e. The van der Waals surface area contributed by atoms with Gasteiger partial charge in [0.05, 0.1) is 6.04 Å². The van der Waals surface area contributed by atoms with Crippen molar-refractivity contribution >= 4 is 11.7 Å². The van der Waals surface area contributed by atoms with Crippen LogP contribution in [0.2, 0.25) is 0 Å². The third kappa shape index (κ3) is 4.20. The van der Waals surface area contributed by atoms with Gasteiger partial charge in [0, 0.05) is 17.5 Å². The molecule has 0 aromatic heterocycles. The van der Waals surface area contributed by atoms with E-state index in [9.17, 15) is 9.59 Å². The van der Waals surface area contributed by atoms with Gasteiger partial charge >= 0.3 is 0 Å². The first kappa shape index (κ1) is 20.5. The largest absolute Gasteiger partial charge is 0.345 e. The number of hydrogen-bond acceptors (Lipinski definition) is 2. The molecule has 3 nitrogen and oxygen atoms in total. The number of amides is 1. The van der Waals surface area contributed by atoms with E-state index in [1.165, 1.54) is 38.5 Å². The Kier molecular flexibility index (Phi) is 5.45. The number of benzene rings is 2. The average molecular weight is 416 g/mol. The van der Waals surface area contributed by atoms with Crippen molar-refractivity contribution in [1.29, 1.82) is 0 Å². The first-order valence-corrected chi connectivity index (χ1v) is 12.0. The van der Waals surface area contributed by atoms with Gasteiger partial charge in [0.25, 0.3) is 5.91 Å². The molecule has 0 spiro atoms. The molecule has 3 heteroatoms. The minimum Gasteiger partial charge on any atom is -0.345 e. The zero-order valence-corrected chi connectivity index (χ0v) is 18.5. The van der Waals surface area contributed by atoms with Crippen LogP contribution in [0.25, 0.3) is 0 Å². The SMILES string of the molecule is CC[C@@H](NC(=O)c1ccc(C(=O)CC23CC4CC(CC(C4)C2)C3)cc1)c1ccccc1. The van der Waals surface area contributed by atoms with Gasteiger partial charge in [-0.05, 0) is 85.8 Å². The minimum atomic E-state index is -0.0872. The summed E-state index contributed by atoms with van der Waals surface area (Å²) < 4.78 is 0. The Hall–Kier alpha value is -2.42. The van der Waals surface area contributed by atoms with Crippen LogP contribution >= 0.6 is 0 Å². The van der Waals surface area contributed by atoms with Crippen LogP contribution in [-0.2, 0) is 0 Å². The first-order valence-electron chi connectivity index (χ1n) is 12.0. The molecule has 2 aromatic rings. The van der Waals surface area contributed by atoms with Crippen molar-refractivity contribution in [2.45, 2.75) is 64.3 Å². The number of nitrogens with one attached hydrogen (secondary N) is 1. The Bertz CT molecular complexity index is 911. The third-order valence-electron chi connectivity index (χ3n) is 8.09. The maximum Gasteiger partial charge on any atom is 0.251 e. The second kappa shape index (κ2) is 8.26. The van der Waals surface area contributed by atoms with E-state index in [1.807, 2.05) is 42.5 Å². The van der Waals surface area contributed by atoms with Crippen LogP contribution in [0.1, 0.15) is 90.6 Å². The van der Waals surface area contributed by atoms with E-state index in [1.54, 1.807) is 12.1 Å². The molecule has 2 aromatic carbocycles. The summed E-state index contributed by atoms with van der Waals surface area (Å²) in [4.78, 5) is 25.9. The van der Waals surface area contributed by atoms with Crippen LogP contribution in [0.4, 0.5) is 0 Å². The number of carbonyl (C=O) groups is 2. The Morgan fingerprint density at radius 3 is 1.97 bits per heavy atom. The van der Waals surface area contributed by atoms with Crippen LogP contribution in [0.5, 0.6) is 0 Å². The van der Waals surface area contributed by atoms with Gasteiger partial charge in [-0.2, -0.15) is 0 Å². The van der Waals surface area contributed by atoms with Gasteiger partial charge in [-0.25, -0.2) is 0 Å². The highest BCUT2D eigenvalue weighted by Crippen LogP contribution is 2.61. The fourth-order valence-electron chi connectivity index (χ4n) is 7.10. The molecule has 0 radical (unpaired) electrons. The monoisotopic (exact) mass is 415 g/mol.